The second-order valence-electron chi connectivity index (χ2n) is 7.73. The number of rotatable bonds is 5. The summed E-state index contributed by atoms with van der Waals surface area (Å²) in [6.07, 6.45) is 1.39. The van der Waals surface area contributed by atoms with Gasteiger partial charge in [-0.25, -0.2) is 0 Å². The number of nitrogens with one attached hydrogen (secondary N) is 1. The van der Waals surface area contributed by atoms with Gasteiger partial charge in [-0.1, -0.05) is 84.9 Å². The zero-order chi connectivity index (χ0) is 20.1. The Morgan fingerprint density at radius 1 is 0.862 bits per heavy atom. The summed E-state index contributed by atoms with van der Waals surface area (Å²) in [5.74, 6) is 0.0732. The van der Waals surface area contributed by atoms with E-state index in [0.29, 0.717) is 26.1 Å². The van der Waals surface area contributed by atoms with Gasteiger partial charge in [-0.2, -0.15) is 0 Å². The standard InChI is InChI=1S/C26H27NO2/c1-20-10-8-9-15-23(20)24(21-11-4-2-5-12-21)27-25(28)26(16-18-29-19-17-26)22-13-6-3-7-14-22/h2-15,24H,16-19H2,1H3,(H,27,28)/t24-/m1/s1. The fraction of sp³-hybridized carbons (Fsp3) is 0.269. The summed E-state index contributed by atoms with van der Waals surface area (Å²) in [5.41, 5.74) is 3.89. The summed E-state index contributed by atoms with van der Waals surface area (Å²) < 4.78 is 5.61. The first-order chi connectivity index (χ1) is 14.2. The number of carbonyl (C=O) groups is 1. The Morgan fingerprint density at radius 2 is 1.45 bits per heavy atom. The Labute approximate surface area is 172 Å². The van der Waals surface area contributed by atoms with Crippen LogP contribution in [0.4, 0.5) is 0 Å². The molecular formula is C26H27NO2. The van der Waals surface area contributed by atoms with Crippen molar-refractivity contribution in [3.8, 4) is 0 Å². The van der Waals surface area contributed by atoms with E-state index in [1.54, 1.807) is 0 Å². The highest BCUT2D eigenvalue weighted by Crippen LogP contribution is 2.36. The molecule has 0 radical (unpaired) electrons. The summed E-state index contributed by atoms with van der Waals surface area (Å²) in [6, 6.07) is 28.4. The number of benzene rings is 3. The lowest BCUT2D eigenvalue weighted by Crippen LogP contribution is -2.49. The van der Waals surface area contributed by atoms with E-state index in [1.807, 2.05) is 48.5 Å². The number of hydrogen-bond acceptors (Lipinski definition) is 2. The lowest BCUT2D eigenvalue weighted by Gasteiger charge is -2.37. The molecule has 1 saturated heterocycles. The van der Waals surface area contributed by atoms with E-state index in [4.69, 9.17) is 4.74 Å². The van der Waals surface area contributed by atoms with E-state index in [0.717, 1.165) is 16.7 Å². The Bertz CT molecular complexity index is 947. The van der Waals surface area contributed by atoms with Gasteiger partial charge in [0.15, 0.2) is 0 Å². The van der Waals surface area contributed by atoms with Crippen LogP contribution in [0, 0.1) is 6.92 Å². The van der Waals surface area contributed by atoms with Crippen LogP contribution in [0.25, 0.3) is 0 Å². The molecule has 4 rings (SSSR count). The van der Waals surface area contributed by atoms with Crippen molar-refractivity contribution < 1.29 is 9.53 Å². The van der Waals surface area contributed by atoms with Crippen LogP contribution in [-0.4, -0.2) is 19.1 Å². The van der Waals surface area contributed by atoms with Gasteiger partial charge in [0, 0.05) is 13.2 Å². The second-order valence-corrected chi connectivity index (χ2v) is 7.73. The van der Waals surface area contributed by atoms with Crippen molar-refractivity contribution >= 4 is 5.91 Å². The Morgan fingerprint density at radius 3 is 2.10 bits per heavy atom. The van der Waals surface area contributed by atoms with Gasteiger partial charge in [0.2, 0.25) is 5.91 Å². The van der Waals surface area contributed by atoms with Crippen molar-refractivity contribution in [2.24, 2.45) is 0 Å². The van der Waals surface area contributed by atoms with E-state index in [-0.39, 0.29) is 11.9 Å². The SMILES string of the molecule is Cc1ccccc1[C@H](NC(=O)C1(c2ccccc2)CCOCC1)c1ccccc1. The molecule has 1 heterocycles. The summed E-state index contributed by atoms with van der Waals surface area (Å²) in [6.45, 7) is 3.30. The van der Waals surface area contributed by atoms with Crippen molar-refractivity contribution in [2.45, 2.75) is 31.2 Å². The summed E-state index contributed by atoms with van der Waals surface area (Å²) in [7, 11) is 0. The van der Waals surface area contributed by atoms with Crippen molar-refractivity contribution in [1.29, 1.82) is 0 Å². The minimum atomic E-state index is -0.560. The average molecular weight is 386 g/mol. The van der Waals surface area contributed by atoms with Crippen LogP contribution in [0.2, 0.25) is 0 Å². The van der Waals surface area contributed by atoms with Gasteiger partial charge in [0.05, 0.1) is 11.5 Å². The molecule has 3 heteroatoms. The Balaban J connectivity index is 1.73. The highest BCUT2D eigenvalue weighted by Gasteiger charge is 2.42. The molecule has 1 aliphatic heterocycles. The largest absolute Gasteiger partial charge is 0.381 e. The quantitative estimate of drug-likeness (QED) is 0.675. The molecule has 148 valence electrons. The Hall–Kier alpha value is -2.91. The average Bonchev–Trinajstić information content (AvgIpc) is 2.79. The fourth-order valence-electron chi connectivity index (χ4n) is 4.29. The van der Waals surface area contributed by atoms with Gasteiger partial charge in [-0.3, -0.25) is 4.79 Å². The molecule has 1 N–H and O–H groups in total. The zero-order valence-corrected chi connectivity index (χ0v) is 16.8. The molecule has 1 amide bonds. The van der Waals surface area contributed by atoms with E-state index < -0.39 is 5.41 Å². The van der Waals surface area contributed by atoms with Crippen LogP contribution >= 0.6 is 0 Å². The lowest BCUT2D eigenvalue weighted by molar-refractivity contribution is -0.131. The summed E-state index contributed by atoms with van der Waals surface area (Å²) >= 11 is 0. The zero-order valence-electron chi connectivity index (χ0n) is 16.8. The molecule has 0 aromatic heterocycles. The van der Waals surface area contributed by atoms with Gasteiger partial charge < -0.3 is 10.1 Å². The maximum absolute atomic E-state index is 13.8. The molecule has 1 aliphatic rings. The number of carbonyl (C=O) groups excluding carboxylic acids is 1. The minimum absolute atomic E-state index is 0.0732. The molecule has 0 aliphatic carbocycles. The molecule has 3 nitrogen and oxygen atoms in total. The molecule has 3 aromatic rings. The molecular weight excluding hydrogens is 358 g/mol. The van der Waals surface area contributed by atoms with Crippen LogP contribution in [0.1, 0.15) is 41.1 Å². The van der Waals surface area contributed by atoms with Crippen LogP contribution in [0.3, 0.4) is 0 Å². The highest BCUT2D eigenvalue weighted by molar-refractivity contribution is 5.89. The van der Waals surface area contributed by atoms with Gasteiger partial charge in [-0.15, -0.1) is 0 Å². The first kappa shape index (κ1) is 19.4. The third-order valence-corrected chi connectivity index (χ3v) is 6.02. The summed E-state index contributed by atoms with van der Waals surface area (Å²) in [5, 5.41) is 3.40. The molecule has 0 bridgehead atoms. The number of ether oxygens (including phenoxy) is 1. The van der Waals surface area contributed by atoms with Crippen LogP contribution in [0.15, 0.2) is 84.9 Å². The van der Waals surface area contributed by atoms with Crippen molar-refractivity contribution in [2.75, 3.05) is 13.2 Å². The molecule has 0 spiro atoms. The molecule has 1 fully saturated rings. The normalized spacial score (nSPS) is 16.7. The second kappa shape index (κ2) is 8.62. The van der Waals surface area contributed by atoms with Gasteiger partial charge in [-0.05, 0) is 42.0 Å². The van der Waals surface area contributed by atoms with E-state index in [2.05, 4.69) is 48.6 Å². The summed E-state index contributed by atoms with van der Waals surface area (Å²) in [4.78, 5) is 13.8. The lowest BCUT2D eigenvalue weighted by atomic mass is 9.73. The topological polar surface area (TPSA) is 38.3 Å². The first-order valence-corrected chi connectivity index (χ1v) is 10.3. The maximum atomic E-state index is 13.8. The number of aryl methyl sites for hydroxylation is 1. The fourth-order valence-corrected chi connectivity index (χ4v) is 4.29. The van der Waals surface area contributed by atoms with Gasteiger partial charge >= 0.3 is 0 Å². The maximum Gasteiger partial charge on any atom is 0.231 e. The molecule has 0 saturated carbocycles. The highest BCUT2D eigenvalue weighted by atomic mass is 16.5. The van der Waals surface area contributed by atoms with Crippen molar-refractivity contribution in [3.63, 3.8) is 0 Å². The van der Waals surface area contributed by atoms with Crippen molar-refractivity contribution in [3.05, 3.63) is 107 Å². The monoisotopic (exact) mass is 385 g/mol. The van der Waals surface area contributed by atoms with Crippen LogP contribution in [-0.2, 0) is 14.9 Å². The number of hydrogen-bond donors (Lipinski definition) is 1. The molecule has 29 heavy (non-hydrogen) atoms. The minimum Gasteiger partial charge on any atom is -0.381 e. The third-order valence-electron chi connectivity index (χ3n) is 6.02. The molecule has 0 unspecified atom stereocenters. The van der Waals surface area contributed by atoms with Crippen molar-refractivity contribution in [1.82, 2.24) is 5.32 Å². The van der Waals surface area contributed by atoms with Crippen LogP contribution < -0.4 is 5.32 Å². The number of amides is 1. The molecule has 1 atom stereocenters. The van der Waals surface area contributed by atoms with Gasteiger partial charge in [0.25, 0.3) is 0 Å². The van der Waals surface area contributed by atoms with Crippen LogP contribution in [0.5, 0.6) is 0 Å². The van der Waals surface area contributed by atoms with E-state index in [1.165, 1.54) is 5.56 Å². The van der Waals surface area contributed by atoms with E-state index >= 15 is 0 Å². The predicted octanol–water partition coefficient (Wildman–Crippen LogP) is 4.95. The van der Waals surface area contributed by atoms with Gasteiger partial charge in [0.1, 0.15) is 0 Å². The Kier molecular flexibility index (Phi) is 5.77. The van der Waals surface area contributed by atoms with E-state index in [9.17, 15) is 4.79 Å². The third kappa shape index (κ3) is 3.96. The smallest absolute Gasteiger partial charge is 0.231 e. The first-order valence-electron chi connectivity index (χ1n) is 10.3. The predicted molar refractivity (Wildman–Crippen MR) is 116 cm³/mol. The molecule has 3 aromatic carbocycles.